The Kier molecular flexibility index (Phi) is 5.34. The number of furan rings is 1. The van der Waals surface area contributed by atoms with Gasteiger partial charge in [0.1, 0.15) is 11.5 Å². The van der Waals surface area contributed by atoms with Crippen molar-refractivity contribution in [3.8, 4) is 0 Å². The van der Waals surface area contributed by atoms with E-state index in [4.69, 9.17) is 27.6 Å². The van der Waals surface area contributed by atoms with Crippen LogP contribution in [-0.2, 0) is 10.2 Å². The van der Waals surface area contributed by atoms with Crippen LogP contribution in [0.5, 0.6) is 0 Å². The molecule has 0 saturated carbocycles. The van der Waals surface area contributed by atoms with Gasteiger partial charge in [-0.2, -0.15) is 0 Å². The van der Waals surface area contributed by atoms with Crippen molar-refractivity contribution in [2.45, 2.75) is 17.5 Å². The third kappa shape index (κ3) is 3.25. The first kappa shape index (κ1) is 23.9. The largest absolute Gasteiger partial charge is 0.461 e. The molecule has 1 amide bonds. The number of ketones is 2. The van der Waals surface area contributed by atoms with Gasteiger partial charge in [-0.3, -0.25) is 14.4 Å². The summed E-state index contributed by atoms with van der Waals surface area (Å²) in [6.45, 7) is 0. The minimum Gasteiger partial charge on any atom is -0.461 e. The first-order valence-corrected chi connectivity index (χ1v) is 13.2. The highest BCUT2D eigenvalue weighted by molar-refractivity contribution is 6.37. The highest BCUT2D eigenvalue weighted by atomic mass is 35.5. The molecule has 0 aliphatic carbocycles. The van der Waals surface area contributed by atoms with Crippen molar-refractivity contribution in [3.63, 3.8) is 0 Å². The second-order valence-corrected chi connectivity index (χ2v) is 10.8. The van der Waals surface area contributed by atoms with Crippen molar-refractivity contribution in [2.24, 2.45) is 5.92 Å². The molecule has 1 aromatic heterocycles. The molecule has 3 aromatic carbocycles. The van der Waals surface area contributed by atoms with Crippen LogP contribution < -0.4 is 5.32 Å². The number of Topliss-reactive ketones (excluding diaryl/α,β-unsaturated/α-hetero) is 2. The van der Waals surface area contributed by atoms with Gasteiger partial charge in [0.25, 0.3) is 0 Å². The van der Waals surface area contributed by atoms with Crippen molar-refractivity contribution in [1.29, 1.82) is 0 Å². The zero-order chi connectivity index (χ0) is 26.9. The summed E-state index contributed by atoms with van der Waals surface area (Å²) in [7, 11) is 0. The molecule has 6 nitrogen and oxygen atoms in total. The van der Waals surface area contributed by atoms with E-state index in [1.165, 1.54) is 12.3 Å². The van der Waals surface area contributed by atoms with Gasteiger partial charge in [0.05, 0.1) is 23.2 Å². The van der Waals surface area contributed by atoms with E-state index < -0.39 is 29.2 Å². The molecule has 1 N–H and O–H groups in total. The van der Waals surface area contributed by atoms with Gasteiger partial charge in [-0.15, -0.1) is 0 Å². The minimum atomic E-state index is -1.43. The molecule has 0 radical (unpaired) electrons. The zero-order valence-corrected chi connectivity index (χ0v) is 21.8. The maximum Gasteiger partial charge on any atom is 0.238 e. The van der Waals surface area contributed by atoms with Crippen LogP contribution in [-0.4, -0.2) is 28.4 Å². The average Bonchev–Trinajstić information content (AvgIpc) is 3.65. The van der Waals surface area contributed by atoms with Gasteiger partial charge in [0.2, 0.25) is 11.7 Å². The number of nitrogens with zero attached hydrogens (tertiary/aromatic N) is 1. The number of halogens is 2. The SMILES string of the molecule is O=C(c1ccc(Cl)cc1Cl)[C@@H]1[C@H](C(=O)c2ccco2)[C@]2(C(=O)Nc3ccccc32)[C@@H]2c3ccccc3C=CN12. The fourth-order valence-electron chi connectivity index (χ4n) is 6.59. The lowest BCUT2D eigenvalue weighted by Gasteiger charge is -2.38. The Bertz CT molecular complexity index is 1710. The number of amides is 1. The van der Waals surface area contributed by atoms with Gasteiger partial charge in [-0.05, 0) is 59.2 Å². The first-order valence-electron chi connectivity index (χ1n) is 12.5. The molecule has 192 valence electrons. The van der Waals surface area contributed by atoms with Gasteiger partial charge in [-0.25, -0.2) is 0 Å². The molecule has 0 bridgehead atoms. The Morgan fingerprint density at radius 3 is 2.51 bits per heavy atom. The summed E-state index contributed by atoms with van der Waals surface area (Å²) >= 11 is 12.7. The van der Waals surface area contributed by atoms with Crippen LogP contribution in [0.3, 0.4) is 0 Å². The number of anilines is 1. The van der Waals surface area contributed by atoms with Crippen molar-refractivity contribution in [3.05, 3.63) is 129 Å². The van der Waals surface area contributed by atoms with Crippen molar-refractivity contribution in [2.75, 3.05) is 5.32 Å². The average molecular weight is 555 g/mol. The summed E-state index contributed by atoms with van der Waals surface area (Å²) in [5.74, 6) is -2.22. The third-order valence-electron chi connectivity index (χ3n) is 8.08. The molecule has 1 spiro atoms. The minimum absolute atomic E-state index is 0.0775. The van der Waals surface area contributed by atoms with E-state index in [-0.39, 0.29) is 28.0 Å². The number of para-hydroxylation sites is 1. The molecule has 1 fully saturated rings. The number of carbonyl (C=O) groups is 3. The number of hydrogen-bond donors (Lipinski definition) is 1. The quantitative estimate of drug-likeness (QED) is 0.288. The summed E-state index contributed by atoms with van der Waals surface area (Å²) < 4.78 is 5.56. The number of benzene rings is 3. The van der Waals surface area contributed by atoms with E-state index in [2.05, 4.69) is 5.32 Å². The van der Waals surface area contributed by atoms with E-state index in [1.807, 2.05) is 65.7 Å². The van der Waals surface area contributed by atoms with Crippen LogP contribution in [0.25, 0.3) is 6.08 Å². The summed E-state index contributed by atoms with van der Waals surface area (Å²) in [4.78, 5) is 45.1. The van der Waals surface area contributed by atoms with Crippen LogP contribution >= 0.6 is 23.2 Å². The first-order chi connectivity index (χ1) is 18.9. The number of carbonyl (C=O) groups excluding carboxylic acids is 3. The fraction of sp³-hybridized carbons (Fsp3) is 0.129. The summed E-state index contributed by atoms with van der Waals surface area (Å²) in [5.41, 5.74) is 1.83. The lowest BCUT2D eigenvalue weighted by atomic mass is 9.63. The molecule has 3 aliphatic heterocycles. The third-order valence-corrected chi connectivity index (χ3v) is 8.63. The van der Waals surface area contributed by atoms with Gasteiger partial charge in [0, 0.05) is 22.5 Å². The van der Waals surface area contributed by atoms with Crippen LogP contribution in [0, 0.1) is 5.92 Å². The van der Waals surface area contributed by atoms with Crippen LogP contribution in [0.2, 0.25) is 10.0 Å². The monoisotopic (exact) mass is 554 g/mol. The van der Waals surface area contributed by atoms with Crippen molar-refractivity contribution in [1.82, 2.24) is 4.90 Å². The summed E-state index contributed by atoms with van der Waals surface area (Å²) in [5, 5.41) is 3.57. The summed E-state index contributed by atoms with van der Waals surface area (Å²) in [6, 6.07) is 21.2. The predicted octanol–water partition coefficient (Wildman–Crippen LogP) is 6.57. The Labute approximate surface area is 233 Å². The molecular formula is C31H20Cl2N2O4. The van der Waals surface area contributed by atoms with E-state index >= 15 is 0 Å². The lowest BCUT2D eigenvalue weighted by Crippen LogP contribution is -2.49. The number of nitrogens with one attached hydrogen (secondary N) is 1. The lowest BCUT2D eigenvalue weighted by molar-refractivity contribution is -0.122. The van der Waals surface area contributed by atoms with Crippen LogP contribution in [0.1, 0.15) is 43.6 Å². The van der Waals surface area contributed by atoms with E-state index in [9.17, 15) is 14.4 Å². The highest BCUT2D eigenvalue weighted by Gasteiger charge is 2.71. The maximum atomic E-state index is 14.5. The second-order valence-electron chi connectivity index (χ2n) is 9.92. The van der Waals surface area contributed by atoms with Crippen molar-refractivity contribution >= 4 is 52.4 Å². The van der Waals surface area contributed by atoms with Gasteiger partial charge < -0.3 is 14.6 Å². The number of fused-ring (bicyclic) bond motifs is 6. The van der Waals surface area contributed by atoms with Gasteiger partial charge >= 0.3 is 0 Å². The van der Waals surface area contributed by atoms with Crippen molar-refractivity contribution < 1.29 is 18.8 Å². The number of rotatable bonds is 4. The maximum absolute atomic E-state index is 14.5. The Morgan fingerprint density at radius 2 is 1.72 bits per heavy atom. The van der Waals surface area contributed by atoms with Crippen LogP contribution in [0.15, 0.2) is 95.7 Å². The number of hydrogen-bond acceptors (Lipinski definition) is 5. The zero-order valence-electron chi connectivity index (χ0n) is 20.3. The van der Waals surface area contributed by atoms with Gasteiger partial charge in [-0.1, -0.05) is 65.7 Å². The standard InChI is InChI=1S/C31H20Cl2N2O4/c32-18-11-12-20(22(33)16-18)27(36)26-25(28(37)24-10-5-15-39-24)31(21-8-3-4-9-23(21)34-30(31)38)29-19-7-2-1-6-17(19)13-14-35(26)29/h1-16,25-26,29H,(H,34,38)/t25-,26+,29+,31+/m1/s1. The predicted molar refractivity (Wildman–Crippen MR) is 148 cm³/mol. The molecule has 7 rings (SSSR count). The molecular weight excluding hydrogens is 535 g/mol. The molecule has 1 saturated heterocycles. The second kappa shape index (κ2) is 8.70. The topological polar surface area (TPSA) is 79.6 Å². The van der Waals surface area contributed by atoms with Gasteiger partial charge in [0.15, 0.2) is 11.5 Å². The Hall–Kier alpha value is -4.13. The molecule has 3 aliphatic rings. The van der Waals surface area contributed by atoms with E-state index in [0.717, 1.165) is 11.1 Å². The summed E-state index contributed by atoms with van der Waals surface area (Å²) in [6.07, 6.45) is 5.12. The highest BCUT2D eigenvalue weighted by Crippen LogP contribution is 2.62. The molecule has 0 unspecified atom stereocenters. The normalized spacial score (nSPS) is 24.3. The molecule has 8 heteroatoms. The Morgan fingerprint density at radius 1 is 0.923 bits per heavy atom. The molecule has 39 heavy (non-hydrogen) atoms. The molecule has 4 atom stereocenters. The smallest absolute Gasteiger partial charge is 0.238 e. The van der Waals surface area contributed by atoms with E-state index in [1.54, 1.807) is 24.3 Å². The molecule has 4 heterocycles. The molecule has 4 aromatic rings. The fourth-order valence-corrected chi connectivity index (χ4v) is 7.09. The van der Waals surface area contributed by atoms with E-state index in [0.29, 0.717) is 16.3 Å². The Balaban J connectivity index is 1.55. The van der Waals surface area contributed by atoms with Crippen LogP contribution in [0.4, 0.5) is 5.69 Å².